The molecule has 28 heavy (non-hydrogen) atoms. The molecule has 1 heterocycles. The minimum Gasteiger partial charge on any atom is -0.497 e. The molecule has 0 fully saturated rings. The minimum atomic E-state index is -0.221. The molecule has 0 bridgehead atoms. The standard InChI is InChI=1S/C21H21ClN4O2/c1-14-4-8-17(9-5-14)26-21(22)19(15(2)25-26)13-23-24-20(27)12-16-6-10-18(28-3)11-7-16/h4-11,13H,12H2,1-3H3,(H,24,27)/b23-13-. The highest BCUT2D eigenvalue weighted by molar-refractivity contribution is 6.32. The van der Waals surface area contributed by atoms with Crippen LogP contribution in [0, 0.1) is 13.8 Å². The van der Waals surface area contributed by atoms with Crippen LogP contribution in [0.1, 0.15) is 22.4 Å². The molecule has 7 heteroatoms. The highest BCUT2D eigenvalue weighted by Crippen LogP contribution is 2.22. The number of aromatic nitrogens is 2. The van der Waals surface area contributed by atoms with E-state index in [1.54, 1.807) is 11.8 Å². The number of hydrogen-bond acceptors (Lipinski definition) is 4. The van der Waals surface area contributed by atoms with Crippen LogP contribution in [-0.4, -0.2) is 29.0 Å². The summed E-state index contributed by atoms with van der Waals surface area (Å²) in [6.07, 6.45) is 1.73. The van der Waals surface area contributed by atoms with Crippen molar-refractivity contribution >= 4 is 23.7 Å². The molecule has 2 aromatic carbocycles. The molecule has 0 spiro atoms. The zero-order chi connectivity index (χ0) is 20.1. The van der Waals surface area contributed by atoms with Gasteiger partial charge in [-0.2, -0.15) is 10.2 Å². The number of carbonyl (C=O) groups is 1. The highest BCUT2D eigenvalue weighted by Gasteiger charge is 2.13. The zero-order valence-electron chi connectivity index (χ0n) is 15.9. The van der Waals surface area contributed by atoms with Crippen LogP contribution >= 0.6 is 11.6 Å². The van der Waals surface area contributed by atoms with Crippen molar-refractivity contribution in [1.29, 1.82) is 0 Å². The second-order valence-corrected chi connectivity index (χ2v) is 6.71. The first-order valence-electron chi connectivity index (χ1n) is 8.75. The fraction of sp³-hybridized carbons (Fsp3) is 0.190. The quantitative estimate of drug-likeness (QED) is 0.508. The van der Waals surface area contributed by atoms with Gasteiger partial charge in [-0.15, -0.1) is 0 Å². The number of rotatable bonds is 6. The second-order valence-electron chi connectivity index (χ2n) is 6.36. The third-order valence-corrected chi connectivity index (χ3v) is 4.60. The number of hydrazone groups is 1. The van der Waals surface area contributed by atoms with Crippen LogP contribution in [0.4, 0.5) is 0 Å². The van der Waals surface area contributed by atoms with Crippen molar-refractivity contribution in [2.45, 2.75) is 20.3 Å². The summed E-state index contributed by atoms with van der Waals surface area (Å²) in [5.74, 6) is 0.527. The maximum Gasteiger partial charge on any atom is 0.244 e. The van der Waals surface area contributed by atoms with E-state index < -0.39 is 0 Å². The van der Waals surface area contributed by atoms with Gasteiger partial charge in [-0.05, 0) is 43.7 Å². The SMILES string of the molecule is COc1ccc(CC(=O)N/N=C\c2c(C)nn(-c3ccc(C)cc3)c2Cl)cc1. The first-order chi connectivity index (χ1) is 13.5. The monoisotopic (exact) mass is 396 g/mol. The lowest BCUT2D eigenvalue weighted by Gasteiger charge is -2.03. The Morgan fingerprint density at radius 3 is 2.50 bits per heavy atom. The minimum absolute atomic E-state index is 0.219. The first kappa shape index (κ1) is 19.6. The number of ether oxygens (including phenoxy) is 1. The molecule has 3 aromatic rings. The van der Waals surface area contributed by atoms with Crippen molar-refractivity contribution in [3.63, 3.8) is 0 Å². The molecule has 6 nitrogen and oxygen atoms in total. The van der Waals surface area contributed by atoms with Crippen molar-refractivity contribution in [2.24, 2.45) is 5.10 Å². The molecule has 144 valence electrons. The van der Waals surface area contributed by atoms with Gasteiger partial charge in [0.1, 0.15) is 10.9 Å². The Kier molecular flexibility index (Phi) is 6.11. The maximum atomic E-state index is 12.1. The van der Waals surface area contributed by atoms with Crippen LogP contribution in [0.3, 0.4) is 0 Å². The zero-order valence-corrected chi connectivity index (χ0v) is 16.7. The molecule has 3 rings (SSSR count). The number of halogens is 1. The number of amides is 1. The Hall–Kier alpha value is -3.12. The molecule has 0 atom stereocenters. The molecule has 0 aliphatic rings. The Labute approximate surface area is 168 Å². The summed E-state index contributed by atoms with van der Waals surface area (Å²) in [7, 11) is 1.60. The van der Waals surface area contributed by atoms with Crippen LogP contribution in [0.25, 0.3) is 5.69 Å². The number of nitrogens with zero attached hydrogens (tertiary/aromatic N) is 3. The van der Waals surface area contributed by atoms with Gasteiger partial charge in [-0.1, -0.05) is 41.4 Å². The number of benzene rings is 2. The van der Waals surface area contributed by atoms with Gasteiger partial charge >= 0.3 is 0 Å². The van der Waals surface area contributed by atoms with Crippen molar-refractivity contribution in [3.05, 3.63) is 76.1 Å². The van der Waals surface area contributed by atoms with Gasteiger partial charge in [-0.3, -0.25) is 4.79 Å². The molecule has 1 amide bonds. The average Bonchev–Trinajstić information content (AvgIpc) is 2.97. The molecular weight excluding hydrogens is 376 g/mol. The van der Waals surface area contributed by atoms with Gasteiger partial charge in [0.25, 0.3) is 0 Å². The third-order valence-electron chi connectivity index (χ3n) is 4.23. The predicted octanol–water partition coefficient (Wildman–Crippen LogP) is 3.84. The lowest BCUT2D eigenvalue weighted by Crippen LogP contribution is -2.19. The number of aryl methyl sites for hydroxylation is 2. The number of hydrogen-bond donors (Lipinski definition) is 1. The number of carbonyl (C=O) groups excluding carboxylic acids is 1. The summed E-state index contributed by atoms with van der Waals surface area (Å²) in [5, 5.41) is 8.93. The molecular formula is C21H21ClN4O2. The summed E-state index contributed by atoms with van der Waals surface area (Å²) in [6, 6.07) is 15.2. The van der Waals surface area contributed by atoms with Gasteiger partial charge < -0.3 is 4.74 Å². The number of nitrogens with one attached hydrogen (secondary N) is 1. The van der Waals surface area contributed by atoms with Crippen LogP contribution in [0.5, 0.6) is 5.75 Å². The summed E-state index contributed by atoms with van der Waals surface area (Å²) in [6.45, 7) is 3.86. The Morgan fingerprint density at radius 2 is 1.86 bits per heavy atom. The van der Waals surface area contributed by atoms with E-state index in [2.05, 4.69) is 15.6 Å². The van der Waals surface area contributed by atoms with Crippen LogP contribution in [0.15, 0.2) is 53.6 Å². The highest BCUT2D eigenvalue weighted by atomic mass is 35.5. The van der Waals surface area contributed by atoms with E-state index in [0.29, 0.717) is 10.7 Å². The predicted molar refractivity (Wildman–Crippen MR) is 110 cm³/mol. The summed E-state index contributed by atoms with van der Waals surface area (Å²) >= 11 is 6.46. The van der Waals surface area contributed by atoms with E-state index >= 15 is 0 Å². The van der Waals surface area contributed by atoms with Crippen molar-refractivity contribution in [2.75, 3.05) is 7.11 Å². The Morgan fingerprint density at radius 1 is 1.18 bits per heavy atom. The molecule has 0 aliphatic carbocycles. The van der Waals surface area contributed by atoms with E-state index in [9.17, 15) is 4.79 Å². The average molecular weight is 397 g/mol. The van der Waals surface area contributed by atoms with Crippen LogP contribution < -0.4 is 10.2 Å². The first-order valence-corrected chi connectivity index (χ1v) is 9.12. The topological polar surface area (TPSA) is 68.5 Å². The van der Waals surface area contributed by atoms with Crippen LogP contribution in [-0.2, 0) is 11.2 Å². The third kappa shape index (κ3) is 4.58. The van der Waals surface area contributed by atoms with Crippen molar-refractivity contribution < 1.29 is 9.53 Å². The van der Waals surface area contributed by atoms with E-state index in [4.69, 9.17) is 16.3 Å². The summed E-state index contributed by atoms with van der Waals surface area (Å²) in [5.41, 5.74) is 6.79. The van der Waals surface area contributed by atoms with Crippen molar-refractivity contribution in [3.8, 4) is 11.4 Å². The van der Waals surface area contributed by atoms with Gasteiger partial charge in [0.15, 0.2) is 0 Å². The van der Waals surface area contributed by atoms with E-state index in [1.165, 1.54) is 6.21 Å². The van der Waals surface area contributed by atoms with E-state index in [0.717, 1.165) is 28.3 Å². The van der Waals surface area contributed by atoms with Gasteiger partial charge in [0.05, 0.1) is 36.7 Å². The molecule has 0 saturated carbocycles. The molecule has 0 aliphatic heterocycles. The molecule has 1 aromatic heterocycles. The fourth-order valence-electron chi connectivity index (χ4n) is 2.65. The lowest BCUT2D eigenvalue weighted by atomic mass is 10.1. The molecule has 0 radical (unpaired) electrons. The van der Waals surface area contributed by atoms with E-state index in [-0.39, 0.29) is 12.3 Å². The Balaban J connectivity index is 1.66. The summed E-state index contributed by atoms with van der Waals surface area (Å²) in [4.78, 5) is 12.1. The smallest absolute Gasteiger partial charge is 0.244 e. The maximum absolute atomic E-state index is 12.1. The molecule has 0 unspecified atom stereocenters. The fourth-order valence-corrected chi connectivity index (χ4v) is 2.97. The van der Waals surface area contributed by atoms with Gasteiger partial charge in [0.2, 0.25) is 5.91 Å². The summed E-state index contributed by atoms with van der Waals surface area (Å²) < 4.78 is 6.76. The van der Waals surface area contributed by atoms with Gasteiger partial charge in [0, 0.05) is 0 Å². The Bertz CT molecular complexity index is 992. The lowest BCUT2D eigenvalue weighted by molar-refractivity contribution is -0.120. The molecule has 1 N–H and O–H groups in total. The normalized spacial score (nSPS) is 11.0. The second kappa shape index (κ2) is 8.71. The van der Waals surface area contributed by atoms with Crippen molar-refractivity contribution in [1.82, 2.24) is 15.2 Å². The van der Waals surface area contributed by atoms with E-state index in [1.807, 2.05) is 62.4 Å². The largest absolute Gasteiger partial charge is 0.497 e. The van der Waals surface area contributed by atoms with Crippen LogP contribution in [0.2, 0.25) is 5.15 Å². The van der Waals surface area contributed by atoms with Gasteiger partial charge in [-0.25, -0.2) is 10.1 Å². The number of methoxy groups -OCH3 is 1. The molecule has 0 saturated heterocycles.